The molecule has 0 saturated carbocycles. The van der Waals surface area contributed by atoms with Crippen LogP contribution in [0.4, 0.5) is 0 Å². The van der Waals surface area contributed by atoms with Gasteiger partial charge in [-0.1, -0.05) is 54.6 Å². The Kier molecular flexibility index (Phi) is 5.80. The Morgan fingerprint density at radius 1 is 0.871 bits per heavy atom. The molecule has 31 heavy (non-hydrogen) atoms. The van der Waals surface area contributed by atoms with E-state index in [0.29, 0.717) is 21.8 Å². The highest BCUT2D eigenvalue weighted by Crippen LogP contribution is 2.19. The summed E-state index contributed by atoms with van der Waals surface area (Å²) in [7, 11) is 0. The molecular weight excluding hydrogens is 392 g/mol. The fraction of sp³-hybridized carbons (Fsp3) is 0.160. The number of nitrogens with one attached hydrogen (secondary N) is 1. The summed E-state index contributed by atoms with van der Waals surface area (Å²) in [4.78, 5) is 37.5. The van der Waals surface area contributed by atoms with Gasteiger partial charge in [0.25, 0.3) is 5.91 Å². The standard InChI is InChI=1S/C25H22N2O4/c1-17(18-9-3-2-4-10-18)26-23(28)16-31-24(29)15-27-21-13-7-5-11-19(21)25(30)20-12-6-8-14-22(20)27/h2-14,17H,15-16H2,1H3,(H,26,28). The van der Waals surface area contributed by atoms with E-state index in [2.05, 4.69) is 5.32 Å². The SMILES string of the molecule is CC(NC(=O)COC(=O)Cn1c2ccccc2c(=O)c2ccccc21)c1ccccc1. The number of para-hydroxylation sites is 2. The van der Waals surface area contributed by atoms with Crippen LogP contribution in [0.5, 0.6) is 0 Å². The van der Waals surface area contributed by atoms with Gasteiger partial charge >= 0.3 is 5.97 Å². The van der Waals surface area contributed by atoms with Crippen molar-refractivity contribution in [2.24, 2.45) is 0 Å². The molecule has 0 aliphatic carbocycles. The molecule has 4 aromatic rings. The van der Waals surface area contributed by atoms with E-state index >= 15 is 0 Å². The molecule has 6 heteroatoms. The van der Waals surface area contributed by atoms with E-state index in [9.17, 15) is 14.4 Å². The minimum atomic E-state index is -0.554. The number of pyridine rings is 1. The number of aromatic nitrogens is 1. The van der Waals surface area contributed by atoms with Crippen LogP contribution >= 0.6 is 0 Å². The molecule has 0 aliphatic rings. The number of hydrogen-bond acceptors (Lipinski definition) is 4. The van der Waals surface area contributed by atoms with Gasteiger partial charge in [0.2, 0.25) is 0 Å². The van der Waals surface area contributed by atoms with Crippen molar-refractivity contribution < 1.29 is 14.3 Å². The number of carbonyl (C=O) groups is 2. The van der Waals surface area contributed by atoms with E-state index in [4.69, 9.17) is 4.74 Å². The molecule has 0 fully saturated rings. The maximum absolute atomic E-state index is 12.8. The number of benzene rings is 3. The number of rotatable bonds is 6. The van der Waals surface area contributed by atoms with Crippen molar-refractivity contribution in [1.82, 2.24) is 9.88 Å². The summed E-state index contributed by atoms with van der Waals surface area (Å²) in [6.07, 6.45) is 0. The summed E-state index contributed by atoms with van der Waals surface area (Å²) in [5.41, 5.74) is 2.18. The second-order valence-electron chi connectivity index (χ2n) is 7.31. The third-order valence-electron chi connectivity index (χ3n) is 5.21. The minimum absolute atomic E-state index is 0.0786. The highest BCUT2D eigenvalue weighted by atomic mass is 16.5. The third kappa shape index (κ3) is 4.33. The second kappa shape index (κ2) is 8.83. The number of fused-ring (bicyclic) bond motifs is 2. The molecule has 4 rings (SSSR count). The summed E-state index contributed by atoms with van der Waals surface area (Å²) < 4.78 is 6.97. The summed E-state index contributed by atoms with van der Waals surface area (Å²) in [5, 5.41) is 3.88. The first kappa shape index (κ1) is 20.3. The lowest BCUT2D eigenvalue weighted by atomic mass is 10.1. The van der Waals surface area contributed by atoms with Crippen molar-refractivity contribution in [3.05, 3.63) is 94.6 Å². The number of nitrogens with zero attached hydrogens (tertiary/aromatic N) is 1. The fourth-order valence-corrected chi connectivity index (χ4v) is 3.68. The van der Waals surface area contributed by atoms with Crippen molar-refractivity contribution in [3.63, 3.8) is 0 Å². The van der Waals surface area contributed by atoms with E-state index in [0.717, 1.165) is 5.56 Å². The van der Waals surface area contributed by atoms with Crippen LogP contribution in [0, 0.1) is 0 Å². The number of ether oxygens (including phenoxy) is 1. The summed E-state index contributed by atoms with van der Waals surface area (Å²) >= 11 is 0. The molecule has 0 saturated heterocycles. The largest absolute Gasteiger partial charge is 0.454 e. The summed E-state index contributed by atoms with van der Waals surface area (Å²) in [6.45, 7) is 1.39. The topological polar surface area (TPSA) is 77.4 Å². The predicted molar refractivity (Wildman–Crippen MR) is 120 cm³/mol. The highest BCUT2D eigenvalue weighted by molar-refractivity contribution is 5.94. The first-order chi connectivity index (χ1) is 15.0. The molecule has 0 bridgehead atoms. The van der Waals surface area contributed by atoms with Crippen LogP contribution in [-0.2, 0) is 20.9 Å². The van der Waals surface area contributed by atoms with Crippen molar-refractivity contribution in [3.8, 4) is 0 Å². The third-order valence-corrected chi connectivity index (χ3v) is 5.21. The van der Waals surface area contributed by atoms with Crippen LogP contribution in [0.15, 0.2) is 83.7 Å². The summed E-state index contributed by atoms with van der Waals surface area (Å²) in [5.74, 6) is -0.930. The van der Waals surface area contributed by atoms with Crippen LogP contribution < -0.4 is 10.7 Å². The lowest BCUT2D eigenvalue weighted by Gasteiger charge is -2.16. The molecule has 3 aromatic carbocycles. The Labute approximate surface area is 179 Å². The fourth-order valence-electron chi connectivity index (χ4n) is 3.68. The van der Waals surface area contributed by atoms with Gasteiger partial charge < -0.3 is 14.6 Å². The van der Waals surface area contributed by atoms with Gasteiger partial charge in [0.15, 0.2) is 12.0 Å². The van der Waals surface area contributed by atoms with Gasteiger partial charge in [-0.05, 0) is 36.8 Å². The Hall–Kier alpha value is -3.93. The van der Waals surface area contributed by atoms with E-state index in [-0.39, 0.29) is 30.5 Å². The zero-order valence-electron chi connectivity index (χ0n) is 17.1. The van der Waals surface area contributed by atoms with Crippen LogP contribution in [0.2, 0.25) is 0 Å². The van der Waals surface area contributed by atoms with Crippen molar-refractivity contribution in [2.45, 2.75) is 19.5 Å². The molecule has 6 nitrogen and oxygen atoms in total. The quantitative estimate of drug-likeness (QED) is 0.387. The van der Waals surface area contributed by atoms with Crippen LogP contribution in [-0.4, -0.2) is 23.1 Å². The smallest absolute Gasteiger partial charge is 0.326 e. The Balaban J connectivity index is 1.49. The van der Waals surface area contributed by atoms with Gasteiger partial charge in [-0.3, -0.25) is 14.4 Å². The van der Waals surface area contributed by atoms with Gasteiger partial charge in [0, 0.05) is 10.8 Å². The van der Waals surface area contributed by atoms with Crippen LogP contribution in [0.1, 0.15) is 18.5 Å². The normalized spacial score (nSPS) is 11.9. The Bertz CT molecular complexity index is 1250. The molecule has 0 aliphatic heterocycles. The van der Waals surface area contributed by atoms with Crippen LogP contribution in [0.25, 0.3) is 21.8 Å². The zero-order valence-corrected chi connectivity index (χ0v) is 17.1. The lowest BCUT2D eigenvalue weighted by Crippen LogP contribution is -2.31. The Morgan fingerprint density at radius 2 is 1.42 bits per heavy atom. The average molecular weight is 414 g/mol. The number of carbonyl (C=O) groups excluding carboxylic acids is 2. The lowest BCUT2D eigenvalue weighted by molar-refractivity contribution is -0.149. The van der Waals surface area contributed by atoms with Crippen LogP contribution in [0.3, 0.4) is 0 Å². The van der Waals surface area contributed by atoms with Gasteiger partial charge in [-0.2, -0.15) is 0 Å². The number of amides is 1. The van der Waals surface area contributed by atoms with Gasteiger partial charge in [-0.25, -0.2) is 0 Å². The Morgan fingerprint density at radius 3 is 2.03 bits per heavy atom. The molecule has 1 atom stereocenters. The molecule has 1 N–H and O–H groups in total. The van der Waals surface area contributed by atoms with Gasteiger partial charge in [-0.15, -0.1) is 0 Å². The van der Waals surface area contributed by atoms with E-state index in [1.807, 2.05) is 49.4 Å². The molecule has 156 valence electrons. The summed E-state index contributed by atoms with van der Waals surface area (Å²) in [6, 6.07) is 23.6. The number of hydrogen-bond donors (Lipinski definition) is 1. The zero-order chi connectivity index (χ0) is 21.8. The number of esters is 1. The van der Waals surface area contributed by atoms with E-state index in [1.54, 1.807) is 41.0 Å². The molecule has 1 heterocycles. The predicted octanol–water partition coefficient (Wildman–Crippen LogP) is 3.58. The van der Waals surface area contributed by atoms with Gasteiger partial charge in [0.1, 0.15) is 6.54 Å². The first-order valence-electron chi connectivity index (χ1n) is 10.0. The molecule has 0 radical (unpaired) electrons. The highest BCUT2D eigenvalue weighted by Gasteiger charge is 2.15. The average Bonchev–Trinajstić information content (AvgIpc) is 2.81. The van der Waals surface area contributed by atoms with Gasteiger partial charge in [0.05, 0.1) is 17.1 Å². The van der Waals surface area contributed by atoms with E-state index in [1.165, 1.54) is 0 Å². The maximum atomic E-state index is 12.8. The molecular formula is C25H22N2O4. The minimum Gasteiger partial charge on any atom is -0.454 e. The first-order valence-corrected chi connectivity index (χ1v) is 10.0. The van der Waals surface area contributed by atoms with Crippen molar-refractivity contribution in [1.29, 1.82) is 0 Å². The molecule has 0 spiro atoms. The van der Waals surface area contributed by atoms with Crippen molar-refractivity contribution in [2.75, 3.05) is 6.61 Å². The van der Waals surface area contributed by atoms with E-state index < -0.39 is 5.97 Å². The molecule has 1 amide bonds. The monoisotopic (exact) mass is 414 g/mol. The molecule has 1 aromatic heterocycles. The maximum Gasteiger partial charge on any atom is 0.326 e. The second-order valence-corrected chi connectivity index (χ2v) is 7.31. The van der Waals surface area contributed by atoms with Crippen molar-refractivity contribution >= 4 is 33.7 Å². The molecule has 1 unspecified atom stereocenters.